The lowest BCUT2D eigenvalue weighted by molar-refractivity contribution is -0.152. The zero-order chi connectivity index (χ0) is 54.1. The lowest BCUT2D eigenvalue weighted by atomic mass is 9.47. The highest BCUT2D eigenvalue weighted by atomic mass is 16.5. The van der Waals surface area contributed by atoms with E-state index in [0.717, 1.165) is 161 Å². The fourth-order valence-electron chi connectivity index (χ4n) is 19.9. The smallest absolute Gasteiger partial charge is 0.306 e. The molecule has 0 radical (unpaired) electrons. The van der Waals surface area contributed by atoms with E-state index in [9.17, 15) is 9.59 Å². The Hall–Kier alpha value is -2.46. The van der Waals surface area contributed by atoms with Crippen LogP contribution in [0.3, 0.4) is 0 Å². The van der Waals surface area contributed by atoms with Crippen molar-refractivity contribution in [2.75, 3.05) is 0 Å². The summed E-state index contributed by atoms with van der Waals surface area (Å²) in [6.45, 7) is 25.2. The van der Waals surface area contributed by atoms with Crippen molar-refractivity contribution in [2.24, 2.45) is 92.7 Å². The van der Waals surface area contributed by atoms with E-state index in [1.807, 2.05) is 0 Å². The summed E-state index contributed by atoms with van der Waals surface area (Å²) < 4.78 is 12.3. The summed E-state index contributed by atoms with van der Waals surface area (Å²) in [4.78, 5) is 26.0. The van der Waals surface area contributed by atoms with Crippen molar-refractivity contribution in [3.05, 3.63) is 23.3 Å². The fourth-order valence-corrected chi connectivity index (χ4v) is 19.9. The van der Waals surface area contributed by atoms with Gasteiger partial charge >= 0.3 is 11.9 Å². The summed E-state index contributed by atoms with van der Waals surface area (Å²) in [5, 5.41) is 0. The molecule has 0 N–H and O–H groups in total. The summed E-state index contributed by atoms with van der Waals surface area (Å²) in [5.41, 5.74) is 4.88. The Morgan fingerprint density at radius 2 is 0.895 bits per heavy atom. The number of ether oxygens (including phenoxy) is 2. The van der Waals surface area contributed by atoms with Crippen LogP contribution in [-0.4, -0.2) is 24.1 Å². The van der Waals surface area contributed by atoms with Crippen LogP contribution in [-0.2, 0) is 19.1 Å². The Morgan fingerprint density at radius 3 is 1.30 bits per heavy atom. The summed E-state index contributed by atoms with van der Waals surface area (Å²) in [6, 6.07) is 0. The van der Waals surface area contributed by atoms with Gasteiger partial charge < -0.3 is 9.47 Å². The van der Waals surface area contributed by atoms with E-state index in [4.69, 9.17) is 9.47 Å². The van der Waals surface area contributed by atoms with E-state index in [0.29, 0.717) is 34.5 Å². The first kappa shape index (κ1) is 59.7. The van der Waals surface area contributed by atoms with Gasteiger partial charge in [0.05, 0.1) is 0 Å². The molecular formula is C72H114O4. The Labute approximate surface area is 468 Å². The Morgan fingerprint density at radius 1 is 0.487 bits per heavy atom. The molecule has 0 aliphatic heterocycles. The molecule has 8 aliphatic carbocycles. The maximum Gasteiger partial charge on any atom is 0.306 e. The second-order valence-electron chi connectivity index (χ2n) is 29.7. The molecule has 8 aliphatic rings. The van der Waals surface area contributed by atoms with Crippen molar-refractivity contribution < 1.29 is 19.1 Å². The molecule has 76 heavy (non-hydrogen) atoms. The summed E-state index contributed by atoms with van der Waals surface area (Å²) in [5.74, 6) is 22.9. The van der Waals surface area contributed by atoms with E-state index in [1.165, 1.54) is 116 Å². The van der Waals surface area contributed by atoms with E-state index < -0.39 is 0 Å². The molecule has 4 nitrogen and oxygen atoms in total. The average molecular weight is 1040 g/mol. The van der Waals surface area contributed by atoms with Gasteiger partial charge in [-0.1, -0.05) is 169 Å². The molecule has 0 bridgehead atoms. The van der Waals surface area contributed by atoms with Gasteiger partial charge in [-0.15, -0.1) is 0 Å². The number of hydrogen-bond acceptors (Lipinski definition) is 4. The highest BCUT2D eigenvalue weighted by molar-refractivity contribution is 5.70. The first-order chi connectivity index (χ1) is 36.5. The molecule has 0 aromatic rings. The quantitative estimate of drug-likeness (QED) is 0.0418. The number of hydrogen-bond donors (Lipinski definition) is 0. The van der Waals surface area contributed by atoms with Gasteiger partial charge in [0.25, 0.3) is 0 Å². The van der Waals surface area contributed by atoms with Crippen LogP contribution in [0.25, 0.3) is 0 Å². The third-order valence-corrected chi connectivity index (χ3v) is 24.2. The van der Waals surface area contributed by atoms with Crippen LogP contribution >= 0.6 is 0 Å². The largest absolute Gasteiger partial charge is 0.462 e. The molecule has 0 spiro atoms. The average Bonchev–Trinajstić information content (AvgIpc) is 3.95. The highest BCUT2D eigenvalue weighted by Crippen LogP contribution is 2.69. The standard InChI is InChI=1S/C72H114O4/c1-51(2)27-25-29-53(5)61-37-39-63-59-35-33-55-49-57(41-45-69(55,7)65(59)43-47-71(61,63)9)75-67(73)31-23-21-19-17-15-13-11-12-14-16-18-20-22-24-32-68(74)76-58-42-46-70(8)56(50-58)34-36-60-64-40-38-62(54(6)30-26-28-52(3)4)72(64,10)48-44-66(60)70/h33-34,51-54,57-66H,15-32,35-50H2,1-10H3/t53-,54-,57?,58?,59+,60+,61-,62-,63+,64+,65+,66+,69+,70+,71-,72-/m1/s1. The number of allylic oxidation sites excluding steroid dienone is 2. The Balaban J connectivity index is 0.633. The lowest BCUT2D eigenvalue weighted by Crippen LogP contribution is -2.51. The Kier molecular flexibility index (Phi) is 21.1. The number of unbranched alkanes of at least 4 members (excludes halogenated alkanes) is 8. The van der Waals surface area contributed by atoms with Crippen LogP contribution in [0.1, 0.15) is 288 Å². The lowest BCUT2D eigenvalue weighted by Gasteiger charge is -2.58. The molecule has 2 unspecified atom stereocenters. The molecule has 0 saturated heterocycles. The van der Waals surface area contributed by atoms with Gasteiger partial charge in [0.15, 0.2) is 0 Å². The van der Waals surface area contributed by atoms with Crippen molar-refractivity contribution in [3.63, 3.8) is 0 Å². The fraction of sp³-hybridized carbons (Fsp3) is 0.861. The van der Waals surface area contributed by atoms with Crippen LogP contribution in [0.4, 0.5) is 0 Å². The maximum absolute atomic E-state index is 13.0. The normalized spacial score (nSPS) is 37.1. The van der Waals surface area contributed by atoms with Crippen molar-refractivity contribution in [2.45, 2.75) is 300 Å². The minimum absolute atomic E-state index is 0.00545. The van der Waals surface area contributed by atoms with Gasteiger partial charge in [-0.3, -0.25) is 9.59 Å². The van der Waals surface area contributed by atoms with Crippen LogP contribution in [0.2, 0.25) is 0 Å². The molecule has 16 atom stereocenters. The predicted molar refractivity (Wildman–Crippen MR) is 317 cm³/mol. The number of carbonyl (C=O) groups is 2. The van der Waals surface area contributed by atoms with Gasteiger partial charge in [0.1, 0.15) is 12.2 Å². The zero-order valence-electron chi connectivity index (χ0n) is 50.9. The second-order valence-corrected chi connectivity index (χ2v) is 29.7. The third kappa shape index (κ3) is 13.8. The van der Waals surface area contributed by atoms with Gasteiger partial charge in [-0.25, -0.2) is 0 Å². The van der Waals surface area contributed by atoms with Crippen LogP contribution in [0.5, 0.6) is 0 Å². The number of esters is 2. The first-order valence-corrected chi connectivity index (χ1v) is 33.2. The van der Waals surface area contributed by atoms with Gasteiger partial charge in [0, 0.05) is 38.5 Å². The van der Waals surface area contributed by atoms with E-state index >= 15 is 0 Å². The minimum atomic E-state index is 0.00545. The molecule has 0 aromatic carbocycles. The molecule has 0 aromatic heterocycles. The van der Waals surface area contributed by atoms with Crippen molar-refractivity contribution in [3.8, 4) is 23.7 Å². The highest BCUT2D eigenvalue weighted by Gasteiger charge is 2.61. The molecule has 0 amide bonds. The molecule has 4 heteroatoms. The first-order valence-electron chi connectivity index (χ1n) is 33.2. The summed E-state index contributed by atoms with van der Waals surface area (Å²) in [6.07, 6.45) is 45.0. The van der Waals surface area contributed by atoms with Crippen LogP contribution in [0.15, 0.2) is 23.3 Å². The van der Waals surface area contributed by atoms with Crippen molar-refractivity contribution in [1.29, 1.82) is 0 Å². The maximum atomic E-state index is 13.0. The van der Waals surface area contributed by atoms with E-state index in [-0.39, 0.29) is 24.1 Å². The molecule has 0 heterocycles. The van der Waals surface area contributed by atoms with Gasteiger partial charge in [-0.2, -0.15) is 0 Å². The molecular weight excluding hydrogens is 929 g/mol. The zero-order valence-corrected chi connectivity index (χ0v) is 50.9. The molecule has 8 rings (SSSR count). The Bertz CT molecular complexity index is 1960. The predicted octanol–water partition coefficient (Wildman–Crippen LogP) is 19.6. The molecule has 6 saturated carbocycles. The van der Waals surface area contributed by atoms with E-state index in [1.54, 1.807) is 11.1 Å². The molecule has 6 fully saturated rings. The number of carbonyl (C=O) groups excluding carboxylic acids is 2. The van der Waals surface area contributed by atoms with Gasteiger partial charge in [0.2, 0.25) is 0 Å². The summed E-state index contributed by atoms with van der Waals surface area (Å²) >= 11 is 0. The summed E-state index contributed by atoms with van der Waals surface area (Å²) in [7, 11) is 0. The van der Waals surface area contributed by atoms with E-state index in [2.05, 4.69) is 105 Å². The third-order valence-electron chi connectivity index (χ3n) is 24.2. The van der Waals surface area contributed by atoms with Crippen LogP contribution in [0, 0.1) is 116 Å². The minimum Gasteiger partial charge on any atom is -0.462 e. The van der Waals surface area contributed by atoms with Gasteiger partial charge in [-0.05, 0) is 220 Å². The monoisotopic (exact) mass is 1040 g/mol. The SMILES string of the molecule is CC(C)CCC[C@@H](C)[C@H]1CC[C@H]2[C@@H]3CC=C4CC(OC(=O)CCCCCCC#CC#CCCCCCCC(=O)OC5CC[C@@]6(C)C(=CC[C@H]7[C@@H]8CC[C@H]([C@H](C)CCCC(C)C)[C@@]8(C)CC[C@@H]76)C5)CC[C@]4(C)[C@H]3CC[C@]12C. The van der Waals surface area contributed by atoms with Crippen molar-refractivity contribution in [1.82, 2.24) is 0 Å². The topological polar surface area (TPSA) is 52.6 Å². The van der Waals surface area contributed by atoms with Crippen molar-refractivity contribution >= 4 is 11.9 Å². The number of fused-ring (bicyclic) bond motifs is 10. The number of rotatable bonds is 24. The van der Waals surface area contributed by atoms with Crippen LogP contribution < -0.4 is 0 Å². The molecule has 426 valence electrons. The second kappa shape index (κ2) is 26.9.